The standard InChI is InChI=1S/C14H17BrFN/c15-12-6-5-11(14(16)9-12)7-10-3-1-2-4-13(17)8-10/h5-6,8-9,13H,1-4,7,17H2. The van der Waals surface area contributed by atoms with Gasteiger partial charge in [-0.05, 0) is 43.4 Å². The molecular formula is C14H17BrFN. The Balaban J connectivity index is 2.14. The highest BCUT2D eigenvalue weighted by atomic mass is 79.9. The van der Waals surface area contributed by atoms with Gasteiger partial charge in [-0.2, -0.15) is 0 Å². The number of rotatable bonds is 2. The van der Waals surface area contributed by atoms with Crippen LogP contribution in [0.1, 0.15) is 31.2 Å². The van der Waals surface area contributed by atoms with Gasteiger partial charge in [-0.1, -0.05) is 40.1 Å². The maximum Gasteiger partial charge on any atom is 0.127 e. The number of allylic oxidation sites excluding steroid dienone is 1. The maximum atomic E-state index is 13.7. The summed E-state index contributed by atoms with van der Waals surface area (Å²) in [5.41, 5.74) is 8.00. The highest BCUT2D eigenvalue weighted by Gasteiger charge is 2.11. The van der Waals surface area contributed by atoms with Gasteiger partial charge in [0.2, 0.25) is 0 Å². The zero-order valence-electron chi connectivity index (χ0n) is 9.76. The summed E-state index contributed by atoms with van der Waals surface area (Å²) in [7, 11) is 0. The summed E-state index contributed by atoms with van der Waals surface area (Å²) in [6.07, 6.45) is 7.23. The van der Waals surface area contributed by atoms with Gasteiger partial charge in [0.15, 0.2) is 0 Å². The lowest BCUT2D eigenvalue weighted by Gasteiger charge is -2.08. The second-order valence-electron chi connectivity index (χ2n) is 4.65. The molecule has 17 heavy (non-hydrogen) atoms. The van der Waals surface area contributed by atoms with Crippen molar-refractivity contribution in [1.29, 1.82) is 0 Å². The molecule has 0 aromatic heterocycles. The summed E-state index contributed by atoms with van der Waals surface area (Å²) in [5.74, 6) is -0.141. The first-order valence-corrected chi connectivity index (χ1v) is 6.83. The molecule has 0 saturated carbocycles. The van der Waals surface area contributed by atoms with Gasteiger partial charge in [0.1, 0.15) is 5.82 Å². The fourth-order valence-corrected chi connectivity index (χ4v) is 2.59. The molecular weight excluding hydrogens is 281 g/mol. The Labute approximate surface area is 110 Å². The van der Waals surface area contributed by atoms with E-state index in [1.807, 2.05) is 12.1 Å². The SMILES string of the molecule is NC1C=C(Cc2ccc(Br)cc2F)CCCC1. The monoisotopic (exact) mass is 297 g/mol. The first-order valence-electron chi connectivity index (χ1n) is 6.04. The molecule has 1 nitrogen and oxygen atoms in total. The van der Waals surface area contributed by atoms with Crippen LogP contribution in [0.25, 0.3) is 0 Å². The molecule has 1 aliphatic rings. The summed E-state index contributed by atoms with van der Waals surface area (Å²) in [6, 6.07) is 5.39. The van der Waals surface area contributed by atoms with Crippen LogP contribution in [0.4, 0.5) is 4.39 Å². The average Bonchev–Trinajstić information content (AvgIpc) is 2.47. The van der Waals surface area contributed by atoms with Crippen LogP contribution in [0, 0.1) is 5.82 Å². The number of benzene rings is 1. The molecule has 0 aliphatic heterocycles. The van der Waals surface area contributed by atoms with Crippen LogP contribution in [0.15, 0.2) is 34.3 Å². The van der Waals surface area contributed by atoms with Crippen LogP contribution in [-0.2, 0) is 6.42 Å². The van der Waals surface area contributed by atoms with Crippen molar-refractivity contribution < 1.29 is 4.39 Å². The van der Waals surface area contributed by atoms with Crippen molar-refractivity contribution in [3.63, 3.8) is 0 Å². The quantitative estimate of drug-likeness (QED) is 0.822. The summed E-state index contributed by atoms with van der Waals surface area (Å²) in [5, 5.41) is 0. The zero-order chi connectivity index (χ0) is 12.3. The third kappa shape index (κ3) is 3.65. The first kappa shape index (κ1) is 12.8. The van der Waals surface area contributed by atoms with E-state index in [1.54, 1.807) is 0 Å². The highest BCUT2D eigenvalue weighted by Crippen LogP contribution is 2.23. The Morgan fingerprint density at radius 2 is 2.18 bits per heavy atom. The Bertz CT molecular complexity index is 428. The van der Waals surface area contributed by atoms with Gasteiger partial charge in [-0.15, -0.1) is 0 Å². The lowest BCUT2D eigenvalue weighted by Crippen LogP contribution is -2.16. The van der Waals surface area contributed by atoms with Crippen LogP contribution >= 0.6 is 15.9 Å². The second-order valence-corrected chi connectivity index (χ2v) is 5.56. The molecule has 0 heterocycles. The summed E-state index contributed by atoms with van der Waals surface area (Å²) < 4.78 is 14.5. The second kappa shape index (κ2) is 5.78. The minimum atomic E-state index is -0.141. The van der Waals surface area contributed by atoms with Gasteiger partial charge >= 0.3 is 0 Å². The Kier molecular flexibility index (Phi) is 4.35. The van der Waals surface area contributed by atoms with Crippen molar-refractivity contribution in [2.45, 2.75) is 38.1 Å². The highest BCUT2D eigenvalue weighted by molar-refractivity contribution is 9.10. The molecule has 0 amide bonds. The van der Waals surface area contributed by atoms with Gasteiger partial charge < -0.3 is 5.73 Å². The minimum absolute atomic E-state index is 0.141. The van der Waals surface area contributed by atoms with E-state index in [4.69, 9.17) is 5.73 Å². The van der Waals surface area contributed by atoms with Gasteiger partial charge in [0.25, 0.3) is 0 Å². The van der Waals surface area contributed by atoms with E-state index in [9.17, 15) is 4.39 Å². The van der Waals surface area contributed by atoms with Crippen molar-refractivity contribution >= 4 is 15.9 Å². The number of hydrogen-bond donors (Lipinski definition) is 1. The lowest BCUT2D eigenvalue weighted by molar-refractivity contribution is 0.610. The van der Waals surface area contributed by atoms with E-state index < -0.39 is 0 Å². The average molecular weight is 298 g/mol. The molecule has 0 saturated heterocycles. The number of nitrogens with two attached hydrogens (primary N) is 1. The molecule has 1 unspecified atom stereocenters. The predicted octanol–water partition coefficient (Wildman–Crippen LogP) is 3.96. The van der Waals surface area contributed by atoms with Crippen LogP contribution < -0.4 is 5.73 Å². The van der Waals surface area contributed by atoms with Gasteiger partial charge in [0, 0.05) is 10.5 Å². The van der Waals surface area contributed by atoms with Crippen LogP contribution in [0.2, 0.25) is 0 Å². The summed E-state index contributed by atoms with van der Waals surface area (Å²) in [4.78, 5) is 0. The third-order valence-corrected chi connectivity index (χ3v) is 3.66. The van der Waals surface area contributed by atoms with Crippen molar-refractivity contribution in [2.24, 2.45) is 5.73 Å². The molecule has 1 aromatic carbocycles. The molecule has 1 aromatic rings. The molecule has 1 aliphatic carbocycles. The fourth-order valence-electron chi connectivity index (χ4n) is 2.26. The fraction of sp³-hybridized carbons (Fsp3) is 0.429. The smallest absolute Gasteiger partial charge is 0.127 e. The topological polar surface area (TPSA) is 26.0 Å². The van der Waals surface area contributed by atoms with Gasteiger partial charge in [0.05, 0.1) is 0 Å². The molecule has 0 fully saturated rings. The normalized spacial score (nSPS) is 20.9. The van der Waals surface area contributed by atoms with Crippen LogP contribution in [0.3, 0.4) is 0 Å². The molecule has 3 heteroatoms. The zero-order valence-corrected chi connectivity index (χ0v) is 11.3. The van der Waals surface area contributed by atoms with Crippen molar-refractivity contribution in [1.82, 2.24) is 0 Å². The van der Waals surface area contributed by atoms with Crippen molar-refractivity contribution in [2.75, 3.05) is 0 Å². The van der Waals surface area contributed by atoms with E-state index in [-0.39, 0.29) is 11.9 Å². The summed E-state index contributed by atoms with van der Waals surface area (Å²) in [6.45, 7) is 0. The van der Waals surface area contributed by atoms with Crippen molar-refractivity contribution in [3.8, 4) is 0 Å². The number of hydrogen-bond acceptors (Lipinski definition) is 1. The third-order valence-electron chi connectivity index (χ3n) is 3.17. The molecule has 0 bridgehead atoms. The number of halogens is 2. The van der Waals surface area contributed by atoms with E-state index in [1.165, 1.54) is 18.1 Å². The largest absolute Gasteiger partial charge is 0.324 e. The summed E-state index contributed by atoms with van der Waals surface area (Å²) >= 11 is 3.27. The molecule has 0 radical (unpaired) electrons. The molecule has 2 N–H and O–H groups in total. The van der Waals surface area contributed by atoms with Crippen LogP contribution in [0.5, 0.6) is 0 Å². The van der Waals surface area contributed by atoms with E-state index in [2.05, 4.69) is 22.0 Å². The van der Waals surface area contributed by atoms with Crippen molar-refractivity contribution in [3.05, 3.63) is 45.7 Å². The molecule has 0 spiro atoms. The Morgan fingerprint density at radius 3 is 2.94 bits per heavy atom. The lowest BCUT2D eigenvalue weighted by atomic mass is 10.0. The van der Waals surface area contributed by atoms with E-state index >= 15 is 0 Å². The molecule has 92 valence electrons. The maximum absolute atomic E-state index is 13.7. The molecule has 1 atom stereocenters. The Morgan fingerprint density at radius 1 is 1.35 bits per heavy atom. The first-order chi connectivity index (χ1) is 8.15. The van der Waals surface area contributed by atoms with Crippen LogP contribution in [-0.4, -0.2) is 6.04 Å². The van der Waals surface area contributed by atoms with E-state index in [0.29, 0.717) is 6.42 Å². The van der Waals surface area contributed by atoms with E-state index in [0.717, 1.165) is 29.3 Å². The molecule has 2 rings (SSSR count). The van der Waals surface area contributed by atoms with Gasteiger partial charge in [-0.3, -0.25) is 0 Å². The van der Waals surface area contributed by atoms with Gasteiger partial charge in [-0.25, -0.2) is 4.39 Å². The minimum Gasteiger partial charge on any atom is -0.324 e. The Hall–Kier alpha value is -0.670. The predicted molar refractivity (Wildman–Crippen MR) is 72.3 cm³/mol.